The second-order valence-corrected chi connectivity index (χ2v) is 8.28. The zero-order valence-electron chi connectivity index (χ0n) is 18.2. The molecule has 3 N–H and O–H groups in total. The van der Waals surface area contributed by atoms with E-state index in [-0.39, 0.29) is 5.91 Å². The molecule has 0 saturated heterocycles. The summed E-state index contributed by atoms with van der Waals surface area (Å²) in [5.74, 6) is -0.426. The molecule has 2 aromatic carbocycles. The van der Waals surface area contributed by atoms with Crippen molar-refractivity contribution >= 4 is 28.9 Å². The van der Waals surface area contributed by atoms with Gasteiger partial charge in [0.1, 0.15) is 18.4 Å². The molecule has 3 heterocycles. The van der Waals surface area contributed by atoms with Crippen molar-refractivity contribution in [1.82, 2.24) is 14.9 Å². The Morgan fingerprint density at radius 1 is 1.27 bits per heavy atom. The van der Waals surface area contributed by atoms with Crippen LogP contribution in [0, 0.1) is 0 Å². The largest absolute Gasteiger partial charge is 0.487 e. The van der Waals surface area contributed by atoms with E-state index >= 15 is 0 Å². The van der Waals surface area contributed by atoms with E-state index in [4.69, 9.17) is 4.74 Å². The Labute approximate surface area is 190 Å². The van der Waals surface area contributed by atoms with Crippen LogP contribution in [-0.4, -0.2) is 39.1 Å². The van der Waals surface area contributed by atoms with Crippen molar-refractivity contribution in [2.45, 2.75) is 25.5 Å². The van der Waals surface area contributed by atoms with Crippen LogP contribution in [-0.2, 0) is 40.8 Å². The van der Waals surface area contributed by atoms with Crippen LogP contribution in [0.25, 0.3) is 11.3 Å². The van der Waals surface area contributed by atoms with Gasteiger partial charge >= 0.3 is 5.97 Å². The Kier molecular flexibility index (Phi) is 5.43. The van der Waals surface area contributed by atoms with E-state index in [0.717, 1.165) is 33.6 Å². The summed E-state index contributed by atoms with van der Waals surface area (Å²) in [7, 11) is 1.85. The van der Waals surface area contributed by atoms with Gasteiger partial charge in [0.05, 0.1) is 11.9 Å². The number of hydrogen-bond donors (Lipinski definition) is 3. The third-order valence-electron chi connectivity index (χ3n) is 6.12. The quantitative estimate of drug-likeness (QED) is 0.484. The fourth-order valence-electron chi connectivity index (χ4n) is 4.35. The van der Waals surface area contributed by atoms with Gasteiger partial charge in [0.15, 0.2) is 0 Å². The monoisotopic (exact) mass is 444 g/mol. The number of aliphatic carboxylic acids is 1. The van der Waals surface area contributed by atoms with Crippen LogP contribution in [0.3, 0.4) is 0 Å². The topological polar surface area (TPSA) is 105 Å². The Morgan fingerprint density at radius 3 is 2.91 bits per heavy atom. The lowest BCUT2D eigenvalue weighted by Crippen LogP contribution is -2.40. The van der Waals surface area contributed by atoms with Crippen LogP contribution in [0.5, 0.6) is 0 Å². The van der Waals surface area contributed by atoms with Crippen molar-refractivity contribution in [3.63, 3.8) is 0 Å². The first kappa shape index (κ1) is 21.0. The summed E-state index contributed by atoms with van der Waals surface area (Å²) in [5, 5.41) is 15.6. The molecule has 0 bridgehead atoms. The van der Waals surface area contributed by atoms with E-state index in [9.17, 15) is 14.7 Å². The van der Waals surface area contributed by atoms with E-state index in [1.54, 1.807) is 12.5 Å². The third kappa shape index (κ3) is 4.01. The number of anilines is 1. The van der Waals surface area contributed by atoms with Crippen molar-refractivity contribution in [2.75, 3.05) is 11.9 Å². The Bertz CT molecular complexity index is 1280. The van der Waals surface area contributed by atoms with Gasteiger partial charge in [0.25, 0.3) is 5.91 Å². The summed E-state index contributed by atoms with van der Waals surface area (Å²) in [5.41, 5.74) is 6.11. The lowest BCUT2D eigenvalue weighted by Gasteiger charge is -2.15. The first-order chi connectivity index (χ1) is 16.0. The van der Waals surface area contributed by atoms with Crippen molar-refractivity contribution in [2.24, 2.45) is 7.05 Å². The van der Waals surface area contributed by atoms with Crippen molar-refractivity contribution in [1.29, 1.82) is 0 Å². The normalized spacial score (nSPS) is 17.3. The number of aryl methyl sites for hydroxylation is 1. The van der Waals surface area contributed by atoms with Crippen LogP contribution in [0.2, 0.25) is 0 Å². The van der Waals surface area contributed by atoms with E-state index in [2.05, 4.69) is 21.7 Å². The van der Waals surface area contributed by atoms with Crippen molar-refractivity contribution in [3.05, 3.63) is 82.9 Å². The van der Waals surface area contributed by atoms with Crippen LogP contribution in [0.15, 0.2) is 55.0 Å². The second kappa shape index (κ2) is 8.55. The molecule has 1 aromatic heterocycles. The number of hydrogen-bond acceptors (Lipinski definition) is 5. The molecular formula is C25H24N4O4. The number of rotatable bonds is 7. The fourth-order valence-corrected chi connectivity index (χ4v) is 4.35. The number of amides is 1. The molecule has 0 saturated carbocycles. The van der Waals surface area contributed by atoms with Gasteiger partial charge in [-0.15, -0.1) is 0 Å². The predicted octanol–water partition coefficient (Wildman–Crippen LogP) is 2.60. The molecule has 0 fully saturated rings. The first-order valence-corrected chi connectivity index (χ1v) is 10.8. The molecule has 33 heavy (non-hydrogen) atoms. The first-order valence-electron chi connectivity index (χ1n) is 10.8. The summed E-state index contributed by atoms with van der Waals surface area (Å²) in [6.07, 6.45) is 4.40. The smallest absolute Gasteiger partial charge is 0.321 e. The SMILES string of the molecule is Cn1cncc1CC(NCCc1ccc2c(c1)COC2=C1C(=O)Nc2ccccc21)C(=O)O. The average Bonchev–Trinajstić information content (AvgIpc) is 3.48. The van der Waals surface area contributed by atoms with E-state index in [1.165, 1.54) is 0 Å². The Hall–Kier alpha value is -3.91. The number of para-hydroxylation sites is 1. The molecule has 8 nitrogen and oxygen atoms in total. The number of fused-ring (bicyclic) bond motifs is 2. The van der Waals surface area contributed by atoms with Gasteiger partial charge in [-0.3, -0.25) is 9.59 Å². The van der Waals surface area contributed by atoms with E-state index < -0.39 is 12.0 Å². The number of ether oxygens (including phenoxy) is 1. The molecule has 168 valence electrons. The van der Waals surface area contributed by atoms with Gasteiger partial charge in [-0.25, -0.2) is 4.98 Å². The summed E-state index contributed by atoms with van der Waals surface area (Å²) < 4.78 is 7.78. The molecule has 0 aliphatic carbocycles. The number of nitrogens with zero attached hydrogens (tertiary/aromatic N) is 2. The van der Waals surface area contributed by atoms with Crippen molar-refractivity contribution in [3.8, 4) is 0 Å². The van der Waals surface area contributed by atoms with Gasteiger partial charge in [-0.2, -0.15) is 0 Å². The summed E-state index contributed by atoms with van der Waals surface area (Å²) in [4.78, 5) is 28.3. The van der Waals surface area contributed by atoms with E-state index in [1.807, 2.05) is 48.0 Å². The molecule has 5 rings (SSSR count). The maximum Gasteiger partial charge on any atom is 0.321 e. The molecule has 0 spiro atoms. The minimum atomic E-state index is -0.884. The van der Waals surface area contributed by atoms with Crippen LogP contribution >= 0.6 is 0 Å². The summed E-state index contributed by atoms with van der Waals surface area (Å²) >= 11 is 0. The fraction of sp³-hybridized carbons (Fsp3) is 0.240. The molecule has 1 atom stereocenters. The standard InChI is InChI=1S/C25H24N4O4/c1-29-14-26-12-17(29)11-21(25(31)32)27-9-8-15-6-7-18-16(10-15)13-33-23(18)22-19-4-2-3-5-20(19)28-24(22)30/h2-7,10,12,14,21,27H,8-9,11,13H2,1H3,(H,28,30)(H,31,32). The highest BCUT2D eigenvalue weighted by Gasteiger charge is 2.32. The molecule has 3 aromatic rings. The maximum absolute atomic E-state index is 12.6. The number of benzene rings is 2. The highest BCUT2D eigenvalue weighted by atomic mass is 16.5. The van der Waals surface area contributed by atoms with Gasteiger partial charge in [-0.1, -0.05) is 36.4 Å². The Balaban J connectivity index is 1.29. The molecule has 2 aliphatic heterocycles. The second-order valence-electron chi connectivity index (χ2n) is 8.28. The highest BCUT2D eigenvalue weighted by molar-refractivity contribution is 6.36. The average molecular weight is 444 g/mol. The lowest BCUT2D eigenvalue weighted by molar-refractivity contribution is -0.139. The number of imidazole rings is 1. The van der Waals surface area contributed by atoms with Crippen LogP contribution in [0.1, 0.15) is 27.9 Å². The third-order valence-corrected chi connectivity index (χ3v) is 6.12. The Morgan fingerprint density at radius 2 is 2.12 bits per heavy atom. The lowest BCUT2D eigenvalue weighted by atomic mass is 9.98. The highest BCUT2D eigenvalue weighted by Crippen LogP contribution is 2.41. The minimum absolute atomic E-state index is 0.152. The predicted molar refractivity (Wildman–Crippen MR) is 123 cm³/mol. The maximum atomic E-state index is 12.6. The zero-order valence-corrected chi connectivity index (χ0v) is 18.2. The molecule has 8 heteroatoms. The number of carboxylic acids is 1. The number of carboxylic acid groups (broad SMARTS) is 1. The number of nitrogens with one attached hydrogen (secondary N) is 2. The molecule has 2 aliphatic rings. The molecular weight excluding hydrogens is 420 g/mol. The van der Waals surface area contributed by atoms with Gasteiger partial charge in [0.2, 0.25) is 0 Å². The summed E-state index contributed by atoms with van der Waals surface area (Å²) in [6, 6.07) is 13.0. The van der Waals surface area contributed by atoms with Gasteiger partial charge in [-0.05, 0) is 24.6 Å². The molecule has 1 unspecified atom stereocenters. The zero-order chi connectivity index (χ0) is 22.9. The number of aromatic nitrogens is 2. The molecule has 1 amide bonds. The van der Waals surface area contributed by atoms with E-state index in [0.29, 0.717) is 37.3 Å². The summed E-state index contributed by atoms with van der Waals surface area (Å²) in [6.45, 7) is 0.932. The van der Waals surface area contributed by atoms with Gasteiger partial charge < -0.3 is 25.0 Å². The van der Waals surface area contributed by atoms with Crippen molar-refractivity contribution < 1.29 is 19.4 Å². The van der Waals surface area contributed by atoms with Gasteiger partial charge in [0, 0.05) is 47.7 Å². The van der Waals surface area contributed by atoms with Crippen LogP contribution < -0.4 is 10.6 Å². The number of carbonyl (C=O) groups excluding carboxylic acids is 1. The minimum Gasteiger partial charge on any atom is -0.487 e. The van der Waals surface area contributed by atoms with Crippen LogP contribution in [0.4, 0.5) is 5.69 Å². The molecule has 0 radical (unpaired) electrons. The number of carbonyl (C=O) groups is 2.